The summed E-state index contributed by atoms with van der Waals surface area (Å²) in [5.74, 6) is -0.431. The van der Waals surface area contributed by atoms with Crippen LogP contribution >= 0.6 is 0 Å². The lowest BCUT2D eigenvalue weighted by Crippen LogP contribution is -2.41. The molecule has 3 aromatic rings. The van der Waals surface area contributed by atoms with Gasteiger partial charge >= 0.3 is 0 Å². The van der Waals surface area contributed by atoms with Crippen molar-refractivity contribution >= 4 is 28.3 Å². The maximum Gasteiger partial charge on any atom is 0.261 e. The monoisotopic (exact) mass is 330 g/mol. The van der Waals surface area contributed by atoms with E-state index in [-0.39, 0.29) is 11.8 Å². The number of carbonyl (C=O) groups excluding carboxylic acids is 2. The first kappa shape index (κ1) is 15.4. The molecule has 4 nitrogen and oxygen atoms in total. The normalized spacial score (nSPS) is 13.4. The van der Waals surface area contributed by atoms with Gasteiger partial charge in [0.05, 0.1) is 0 Å². The number of imide groups is 1. The number of rotatable bonds is 4. The van der Waals surface area contributed by atoms with Gasteiger partial charge in [-0.3, -0.25) is 14.5 Å². The second-order valence-electron chi connectivity index (χ2n) is 6.14. The molecule has 0 atom stereocenters. The van der Waals surface area contributed by atoms with Gasteiger partial charge in [0, 0.05) is 41.2 Å². The highest BCUT2D eigenvalue weighted by Gasteiger charge is 2.32. The Kier molecular flexibility index (Phi) is 3.73. The fourth-order valence-electron chi connectivity index (χ4n) is 3.45. The average molecular weight is 330 g/mol. The fourth-order valence-corrected chi connectivity index (χ4v) is 3.45. The number of benzene rings is 3. The molecule has 1 heterocycles. The molecule has 0 aromatic heterocycles. The summed E-state index contributed by atoms with van der Waals surface area (Å²) in [6.45, 7) is 0.380. The Hall–Kier alpha value is -3.14. The van der Waals surface area contributed by atoms with Crippen LogP contribution in [0, 0.1) is 0 Å². The highest BCUT2D eigenvalue weighted by atomic mass is 16.2. The van der Waals surface area contributed by atoms with Crippen LogP contribution in [0.2, 0.25) is 0 Å². The zero-order valence-electron chi connectivity index (χ0n) is 14.0. The van der Waals surface area contributed by atoms with Crippen molar-refractivity contribution in [2.24, 2.45) is 0 Å². The number of nitrogens with one attached hydrogen (secondary N) is 1. The van der Waals surface area contributed by atoms with Gasteiger partial charge in [0.15, 0.2) is 0 Å². The fraction of sp³-hybridized carbons (Fsp3) is 0.143. The summed E-state index contributed by atoms with van der Waals surface area (Å²) in [7, 11) is 1.84. The highest BCUT2D eigenvalue weighted by molar-refractivity contribution is 6.26. The molecule has 1 aliphatic rings. The largest absolute Gasteiger partial charge is 0.388 e. The number of nitrogens with zero attached hydrogens (tertiary/aromatic N) is 1. The van der Waals surface area contributed by atoms with Crippen LogP contribution in [0.1, 0.15) is 26.3 Å². The quantitative estimate of drug-likeness (QED) is 0.742. The minimum absolute atomic E-state index is 0.215. The van der Waals surface area contributed by atoms with E-state index in [0.717, 1.165) is 22.0 Å². The van der Waals surface area contributed by atoms with Gasteiger partial charge in [-0.25, -0.2) is 0 Å². The second kappa shape index (κ2) is 6.06. The van der Waals surface area contributed by atoms with Crippen molar-refractivity contribution in [3.63, 3.8) is 0 Å². The molecule has 1 N–H and O–H groups in total. The Bertz CT molecular complexity index is 958. The predicted octanol–water partition coefficient (Wildman–Crippen LogP) is 3.72. The van der Waals surface area contributed by atoms with E-state index in [0.29, 0.717) is 24.1 Å². The summed E-state index contributed by atoms with van der Waals surface area (Å²) in [6, 6.07) is 19.2. The van der Waals surface area contributed by atoms with Crippen molar-refractivity contribution in [2.75, 3.05) is 18.9 Å². The van der Waals surface area contributed by atoms with Crippen molar-refractivity contribution in [1.29, 1.82) is 0 Å². The lowest BCUT2D eigenvalue weighted by atomic mass is 9.93. The third-order valence-corrected chi connectivity index (χ3v) is 4.73. The number of hydrogen-bond acceptors (Lipinski definition) is 3. The van der Waals surface area contributed by atoms with Gasteiger partial charge in [-0.15, -0.1) is 0 Å². The van der Waals surface area contributed by atoms with Gasteiger partial charge < -0.3 is 5.32 Å². The van der Waals surface area contributed by atoms with Crippen LogP contribution < -0.4 is 5.32 Å². The molecule has 3 aromatic carbocycles. The van der Waals surface area contributed by atoms with Gasteiger partial charge in [-0.1, -0.05) is 42.5 Å². The van der Waals surface area contributed by atoms with Crippen LogP contribution in [0.4, 0.5) is 5.69 Å². The summed E-state index contributed by atoms with van der Waals surface area (Å²) in [5, 5.41) is 4.78. The van der Waals surface area contributed by atoms with Gasteiger partial charge in [0.25, 0.3) is 11.8 Å². The summed E-state index contributed by atoms with van der Waals surface area (Å²) in [5.41, 5.74) is 3.21. The third-order valence-electron chi connectivity index (χ3n) is 4.73. The Morgan fingerprint density at radius 1 is 0.840 bits per heavy atom. The average Bonchev–Trinajstić information content (AvgIpc) is 2.66. The molecule has 4 rings (SSSR count). The molecule has 0 unspecified atom stereocenters. The van der Waals surface area contributed by atoms with E-state index in [1.54, 1.807) is 6.07 Å². The van der Waals surface area contributed by atoms with Crippen molar-refractivity contribution in [3.8, 4) is 0 Å². The molecule has 25 heavy (non-hydrogen) atoms. The minimum Gasteiger partial charge on any atom is -0.388 e. The molecule has 0 saturated heterocycles. The van der Waals surface area contributed by atoms with Crippen LogP contribution in [0.3, 0.4) is 0 Å². The first-order valence-electron chi connectivity index (χ1n) is 8.34. The zero-order chi connectivity index (χ0) is 17.4. The lowest BCUT2D eigenvalue weighted by Gasteiger charge is -2.27. The molecule has 0 aliphatic carbocycles. The molecule has 0 fully saturated rings. The van der Waals surface area contributed by atoms with Gasteiger partial charge in [-0.2, -0.15) is 0 Å². The smallest absolute Gasteiger partial charge is 0.261 e. The third kappa shape index (κ3) is 2.47. The standard InChI is InChI=1S/C21H18N2O2/c1-22-18-11-10-17-19-15(18)8-5-9-16(19)20(24)23(21(17)25)13-12-14-6-3-2-4-7-14/h2-11,22H,12-13H2,1H3. The summed E-state index contributed by atoms with van der Waals surface area (Å²) < 4.78 is 0. The van der Waals surface area contributed by atoms with Gasteiger partial charge in [-0.05, 0) is 30.2 Å². The van der Waals surface area contributed by atoms with Crippen molar-refractivity contribution in [3.05, 3.63) is 77.4 Å². The van der Waals surface area contributed by atoms with Crippen LogP contribution in [-0.2, 0) is 6.42 Å². The first-order chi connectivity index (χ1) is 12.2. The molecular weight excluding hydrogens is 312 g/mol. The SMILES string of the molecule is CNc1ccc2c3c(cccc13)C(=O)N(CCc1ccccc1)C2=O. The number of amides is 2. The van der Waals surface area contributed by atoms with Crippen molar-refractivity contribution in [1.82, 2.24) is 4.90 Å². The zero-order valence-corrected chi connectivity index (χ0v) is 14.0. The maximum atomic E-state index is 12.9. The molecule has 0 saturated carbocycles. The van der Waals surface area contributed by atoms with E-state index >= 15 is 0 Å². The number of carbonyl (C=O) groups is 2. The molecule has 2 amide bonds. The van der Waals surface area contributed by atoms with Crippen LogP contribution in [0.25, 0.3) is 10.8 Å². The molecule has 0 spiro atoms. The Morgan fingerprint density at radius 2 is 1.56 bits per heavy atom. The molecule has 0 radical (unpaired) electrons. The van der Waals surface area contributed by atoms with E-state index in [9.17, 15) is 9.59 Å². The minimum atomic E-state index is -0.215. The van der Waals surface area contributed by atoms with E-state index in [1.165, 1.54) is 4.90 Å². The van der Waals surface area contributed by atoms with Gasteiger partial charge in [0.2, 0.25) is 0 Å². The number of hydrogen-bond donors (Lipinski definition) is 1. The molecule has 124 valence electrons. The number of anilines is 1. The van der Waals surface area contributed by atoms with E-state index in [2.05, 4.69) is 5.32 Å². The van der Waals surface area contributed by atoms with E-state index in [4.69, 9.17) is 0 Å². The van der Waals surface area contributed by atoms with E-state index in [1.807, 2.05) is 61.6 Å². The predicted molar refractivity (Wildman–Crippen MR) is 99.0 cm³/mol. The second-order valence-corrected chi connectivity index (χ2v) is 6.14. The van der Waals surface area contributed by atoms with E-state index < -0.39 is 0 Å². The first-order valence-corrected chi connectivity index (χ1v) is 8.34. The molecule has 1 aliphatic heterocycles. The molecule has 4 heteroatoms. The summed E-state index contributed by atoms with van der Waals surface area (Å²) >= 11 is 0. The Labute approximate surface area is 146 Å². The van der Waals surface area contributed by atoms with Crippen LogP contribution in [0.15, 0.2) is 60.7 Å². The maximum absolute atomic E-state index is 12.9. The Morgan fingerprint density at radius 3 is 2.28 bits per heavy atom. The van der Waals surface area contributed by atoms with Gasteiger partial charge in [0.1, 0.15) is 0 Å². The lowest BCUT2D eigenvalue weighted by molar-refractivity contribution is 0.0612. The van der Waals surface area contributed by atoms with Crippen molar-refractivity contribution in [2.45, 2.75) is 6.42 Å². The molecule has 0 bridgehead atoms. The topological polar surface area (TPSA) is 49.4 Å². The molecular formula is C21H18N2O2. The van der Waals surface area contributed by atoms with Crippen LogP contribution in [-0.4, -0.2) is 30.3 Å². The summed E-state index contributed by atoms with van der Waals surface area (Å²) in [4.78, 5) is 27.2. The summed E-state index contributed by atoms with van der Waals surface area (Å²) in [6.07, 6.45) is 0.651. The van der Waals surface area contributed by atoms with Crippen molar-refractivity contribution < 1.29 is 9.59 Å². The Balaban J connectivity index is 1.74. The van der Waals surface area contributed by atoms with Crippen LogP contribution in [0.5, 0.6) is 0 Å². The highest BCUT2D eigenvalue weighted by Crippen LogP contribution is 2.34.